The van der Waals surface area contributed by atoms with E-state index in [0.29, 0.717) is 9.22 Å². The number of thioether (sulfide) groups is 1. The van der Waals surface area contributed by atoms with Crippen LogP contribution in [0, 0.1) is 0 Å². The molecule has 7 heteroatoms. The summed E-state index contributed by atoms with van der Waals surface area (Å²) in [5.41, 5.74) is 0. The summed E-state index contributed by atoms with van der Waals surface area (Å²) in [6.07, 6.45) is 1.63. The second-order valence-electron chi connectivity index (χ2n) is 3.34. The Kier molecular flexibility index (Phi) is 4.83. The highest BCUT2D eigenvalue weighted by molar-refractivity contribution is 8.00. The molecule has 5 nitrogen and oxygen atoms in total. The van der Waals surface area contributed by atoms with Crippen molar-refractivity contribution in [3.05, 3.63) is 4.88 Å². The van der Waals surface area contributed by atoms with Crippen molar-refractivity contribution in [2.45, 2.75) is 24.6 Å². The molecule has 0 atom stereocenters. The fraction of sp³-hybridized carbons (Fsp3) is 0.400. The van der Waals surface area contributed by atoms with Gasteiger partial charge in [-0.2, -0.15) is 0 Å². The first-order valence-electron chi connectivity index (χ1n) is 4.79. The maximum atomic E-state index is 11.4. The summed E-state index contributed by atoms with van der Waals surface area (Å²) in [4.78, 5) is 38.0. The summed E-state index contributed by atoms with van der Waals surface area (Å²) >= 11 is 2.63. The third kappa shape index (κ3) is 3.94. The van der Waals surface area contributed by atoms with Crippen LogP contribution >= 0.6 is 23.1 Å². The Morgan fingerprint density at radius 3 is 2.47 bits per heavy atom. The fourth-order valence-corrected chi connectivity index (χ4v) is 2.53. The van der Waals surface area contributed by atoms with E-state index in [4.69, 9.17) is 0 Å². The quantitative estimate of drug-likeness (QED) is 0.504. The molecule has 0 aliphatic carbocycles. The lowest BCUT2D eigenvalue weighted by Gasteiger charge is -2.01. The number of nitrogens with zero attached hydrogens (tertiary/aromatic N) is 1. The molecular weight excluding hydrogens is 260 g/mol. The lowest BCUT2D eigenvalue weighted by atomic mass is 10.3. The lowest BCUT2D eigenvalue weighted by molar-refractivity contribution is -0.124. The van der Waals surface area contributed by atoms with Crippen LogP contribution in [0.4, 0.5) is 5.82 Å². The smallest absolute Gasteiger partial charge is 0.233 e. The van der Waals surface area contributed by atoms with E-state index in [-0.39, 0.29) is 23.8 Å². The minimum Gasteiger partial charge on any atom is -0.309 e. The molecule has 0 aliphatic heterocycles. The molecule has 1 amide bonds. The van der Waals surface area contributed by atoms with Crippen LogP contribution in [0.25, 0.3) is 0 Å². The summed E-state index contributed by atoms with van der Waals surface area (Å²) in [6.45, 7) is 2.75. The van der Waals surface area contributed by atoms with Gasteiger partial charge in [0.15, 0.2) is 15.9 Å². The minimum atomic E-state index is -0.446. The molecule has 1 aromatic heterocycles. The summed E-state index contributed by atoms with van der Waals surface area (Å²) in [7, 11) is 0. The minimum absolute atomic E-state index is 0.152. The van der Waals surface area contributed by atoms with Gasteiger partial charge in [-0.15, -0.1) is 11.3 Å². The first-order chi connectivity index (χ1) is 7.93. The SMILES string of the molecule is CSc1nc(NC(=O)CC(C)=O)c(C(C)=O)s1. The number of hydrogen-bond donors (Lipinski definition) is 1. The molecule has 0 aromatic carbocycles. The molecule has 1 rings (SSSR count). The van der Waals surface area contributed by atoms with E-state index in [1.54, 1.807) is 0 Å². The van der Waals surface area contributed by atoms with E-state index in [9.17, 15) is 14.4 Å². The molecular formula is C10H12N2O3S2. The molecule has 0 aliphatic rings. The average molecular weight is 272 g/mol. The van der Waals surface area contributed by atoms with E-state index >= 15 is 0 Å². The maximum Gasteiger partial charge on any atom is 0.233 e. The summed E-state index contributed by atoms with van der Waals surface area (Å²) < 4.78 is 0.702. The number of carbonyl (C=O) groups excluding carboxylic acids is 3. The van der Waals surface area contributed by atoms with Crippen LogP contribution in [0.2, 0.25) is 0 Å². The van der Waals surface area contributed by atoms with Crippen LogP contribution in [-0.4, -0.2) is 28.7 Å². The molecule has 1 aromatic rings. The Morgan fingerprint density at radius 2 is 2.00 bits per heavy atom. The number of hydrogen-bond acceptors (Lipinski definition) is 6. The number of anilines is 1. The summed E-state index contributed by atoms with van der Waals surface area (Å²) in [6, 6.07) is 0. The molecule has 0 bridgehead atoms. The largest absolute Gasteiger partial charge is 0.309 e. The Balaban J connectivity index is 2.89. The first-order valence-corrected chi connectivity index (χ1v) is 6.83. The number of nitrogens with one attached hydrogen (secondary N) is 1. The Morgan fingerprint density at radius 1 is 1.35 bits per heavy atom. The first kappa shape index (κ1) is 13.9. The van der Waals surface area contributed by atoms with Crippen molar-refractivity contribution in [1.82, 2.24) is 4.98 Å². The number of rotatable bonds is 5. The van der Waals surface area contributed by atoms with E-state index in [1.165, 1.54) is 36.9 Å². The number of thiazole rings is 1. The predicted molar refractivity (Wildman–Crippen MR) is 67.8 cm³/mol. The zero-order valence-electron chi connectivity index (χ0n) is 9.70. The normalized spacial score (nSPS) is 10.1. The Bertz CT molecular complexity index is 468. The number of amides is 1. The van der Waals surface area contributed by atoms with Gasteiger partial charge in [0.1, 0.15) is 10.7 Å². The van der Waals surface area contributed by atoms with Crippen molar-refractivity contribution in [3.63, 3.8) is 0 Å². The van der Waals surface area contributed by atoms with E-state index in [0.717, 1.165) is 0 Å². The van der Waals surface area contributed by atoms with Crippen LogP contribution in [0.3, 0.4) is 0 Å². The number of aromatic nitrogens is 1. The monoisotopic (exact) mass is 272 g/mol. The van der Waals surface area contributed by atoms with Crippen molar-refractivity contribution >= 4 is 46.4 Å². The van der Waals surface area contributed by atoms with E-state index < -0.39 is 5.91 Å². The number of Topliss-reactive ketones (excluding diaryl/α,β-unsaturated/α-hetero) is 2. The topological polar surface area (TPSA) is 76.1 Å². The van der Waals surface area contributed by atoms with Gasteiger partial charge in [-0.1, -0.05) is 11.8 Å². The van der Waals surface area contributed by atoms with E-state index in [1.807, 2.05) is 6.26 Å². The standard InChI is InChI=1S/C10H12N2O3S2/c1-5(13)4-7(15)11-9-8(6(2)14)17-10(12-9)16-3/h4H2,1-3H3,(H,11,15). The third-order valence-electron chi connectivity index (χ3n) is 1.77. The predicted octanol–water partition coefficient (Wildman–Crippen LogP) is 1.99. The van der Waals surface area contributed by atoms with Crippen LogP contribution in [0.1, 0.15) is 29.9 Å². The second kappa shape index (κ2) is 5.92. The Hall–Kier alpha value is -1.21. The highest BCUT2D eigenvalue weighted by Crippen LogP contribution is 2.29. The zero-order chi connectivity index (χ0) is 13.0. The van der Waals surface area contributed by atoms with Gasteiger partial charge in [0.05, 0.1) is 6.42 Å². The molecule has 0 fully saturated rings. The van der Waals surface area contributed by atoms with Gasteiger partial charge >= 0.3 is 0 Å². The van der Waals surface area contributed by atoms with Crippen LogP contribution < -0.4 is 5.32 Å². The fourth-order valence-electron chi connectivity index (χ4n) is 1.11. The van der Waals surface area contributed by atoms with Crippen molar-refractivity contribution < 1.29 is 14.4 Å². The van der Waals surface area contributed by atoms with Crippen LogP contribution in [0.5, 0.6) is 0 Å². The maximum absolute atomic E-state index is 11.4. The number of carbonyl (C=O) groups is 3. The van der Waals surface area contributed by atoms with Gasteiger partial charge in [0.2, 0.25) is 5.91 Å². The van der Waals surface area contributed by atoms with Crippen molar-refractivity contribution in [2.75, 3.05) is 11.6 Å². The molecule has 17 heavy (non-hydrogen) atoms. The van der Waals surface area contributed by atoms with Gasteiger partial charge in [0, 0.05) is 6.92 Å². The lowest BCUT2D eigenvalue weighted by Crippen LogP contribution is -2.16. The van der Waals surface area contributed by atoms with Gasteiger partial charge in [-0.05, 0) is 13.2 Å². The van der Waals surface area contributed by atoms with E-state index in [2.05, 4.69) is 10.3 Å². The molecule has 1 heterocycles. The molecule has 0 radical (unpaired) electrons. The van der Waals surface area contributed by atoms with Crippen LogP contribution in [-0.2, 0) is 9.59 Å². The molecule has 0 spiro atoms. The Labute approximate surface area is 107 Å². The van der Waals surface area contributed by atoms with Gasteiger partial charge in [-0.25, -0.2) is 4.98 Å². The molecule has 0 saturated heterocycles. The molecule has 0 saturated carbocycles. The second-order valence-corrected chi connectivity index (χ2v) is 5.40. The third-order valence-corrected chi connectivity index (χ3v) is 3.91. The van der Waals surface area contributed by atoms with Crippen LogP contribution in [0.15, 0.2) is 4.34 Å². The highest BCUT2D eigenvalue weighted by atomic mass is 32.2. The average Bonchev–Trinajstić information content (AvgIpc) is 2.59. The van der Waals surface area contributed by atoms with Gasteiger partial charge in [0.25, 0.3) is 0 Å². The van der Waals surface area contributed by atoms with Gasteiger partial charge < -0.3 is 5.32 Å². The van der Waals surface area contributed by atoms with Crippen molar-refractivity contribution in [3.8, 4) is 0 Å². The van der Waals surface area contributed by atoms with Gasteiger partial charge in [-0.3, -0.25) is 14.4 Å². The summed E-state index contributed by atoms with van der Waals surface area (Å²) in [5, 5.41) is 2.48. The number of ketones is 2. The molecule has 0 unspecified atom stereocenters. The highest BCUT2D eigenvalue weighted by Gasteiger charge is 2.17. The molecule has 1 N–H and O–H groups in total. The van der Waals surface area contributed by atoms with Crippen molar-refractivity contribution in [1.29, 1.82) is 0 Å². The van der Waals surface area contributed by atoms with Crippen molar-refractivity contribution in [2.24, 2.45) is 0 Å². The molecule has 92 valence electrons. The zero-order valence-corrected chi connectivity index (χ0v) is 11.3. The summed E-state index contributed by atoms with van der Waals surface area (Å²) in [5.74, 6) is -0.579.